The standard InChI is InChI=1S/C22H28BrF3N4O4S/c1-20(2,3)33-18(31)28-14(9-13-7-8-15(27-10-13)22(24,25)26)11-30(17-29-16(23)12-35-17)19(32)34-21(4,5)6/h7-8,10,12,14H,9,11H2,1-6H3,(H,28,31). The molecule has 13 heteroatoms. The monoisotopic (exact) mass is 580 g/mol. The van der Waals surface area contributed by atoms with E-state index in [1.807, 2.05) is 0 Å². The summed E-state index contributed by atoms with van der Waals surface area (Å²) >= 11 is 4.44. The Labute approximate surface area is 214 Å². The number of carbonyl (C=O) groups is 2. The zero-order valence-corrected chi connectivity index (χ0v) is 22.6. The molecule has 0 aliphatic rings. The summed E-state index contributed by atoms with van der Waals surface area (Å²) in [7, 11) is 0. The van der Waals surface area contributed by atoms with Crippen molar-refractivity contribution in [3.63, 3.8) is 0 Å². The number of hydrogen-bond acceptors (Lipinski definition) is 7. The van der Waals surface area contributed by atoms with E-state index in [-0.39, 0.29) is 13.0 Å². The highest BCUT2D eigenvalue weighted by molar-refractivity contribution is 9.10. The Morgan fingerprint density at radius 1 is 1.11 bits per heavy atom. The molecule has 2 aromatic heterocycles. The number of carbonyl (C=O) groups excluding carboxylic acids is 2. The third-order valence-electron chi connectivity index (χ3n) is 4.03. The number of hydrogen-bond donors (Lipinski definition) is 1. The second-order valence-electron chi connectivity index (χ2n) is 9.64. The van der Waals surface area contributed by atoms with Gasteiger partial charge >= 0.3 is 18.4 Å². The Hall–Kier alpha value is -2.41. The number of rotatable bonds is 6. The van der Waals surface area contributed by atoms with Gasteiger partial charge in [0.2, 0.25) is 0 Å². The molecule has 35 heavy (non-hydrogen) atoms. The fourth-order valence-corrected chi connectivity index (χ4v) is 4.02. The van der Waals surface area contributed by atoms with E-state index in [2.05, 4.69) is 31.2 Å². The number of aromatic nitrogens is 2. The van der Waals surface area contributed by atoms with Gasteiger partial charge in [0.25, 0.3) is 0 Å². The molecule has 0 aromatic carbocycles. The fraction of sp³-hybridized carbons (Fsp3) is 0.545. The smallest absolute Gasteiger partial charge is 0.433 e. The third-order valence-corrected chi connectivity index (χ3v) is 5.60. The first-order valence-corrected chi connectivity index (χ1v) is 12.2. The van der Waals surface area contributed by atoms with Gasteiger partial charge in [-0.2, -0.15) is 13.2 Å². The Morgan fingerprint density at radius 2 is 1.74 bits per heavy atom. The molecule has 0 radical (unpaired) electrons. The number of pyridine rings is 1. The Morgan fingerprint density at radius 3 is 2.20 bits per heavy atom. The van der Waals surface area contributed by atoms with Crippen LogP contribution in [0, 0.1) is 0 Å². The molecule has 194 valence electrons. The van der Waals surface area contributed by atoms with Gasteiger partial charge in [-0.05, 0) is 75.5 Å². The molecule has 1 unspecified atom stereocenters. The molecule has 0 bridgehead atoms. The number of alkyl carbamates (subject to hydrolysis) is 1. The molecule has 1 atom stereocenters. The molecule has 0 fully saturated rings. The molecule has 2 heterocycles. The minimum absolute atomic E-state index is 0.0657. The van der Waals surface area contributed by atoms with Crippen molar-refractivity contribution in [2.75, 3.05) is 11.4 Å². The average molecular weight is 581 g/mol. The Balaban J connectivity index is 2.34. The number of amides is 2. The van der Waals surface area contributed by atoms with Gasteiger partial charge in [-0.1, -0.05) is 6.07 Å². The van der Waals surface area contributed by atoms with Crippen LogP contribution in [0.3, 0.4) is 0 Å². The van der Waals surface area contributed by atoms with Crippen molar-refractivity contribution in [3.8, 4) is 0 Å². The van der Waals surface area contributed by atoms with Crippen molar-refractivity contribution < 1.29 is 32.2 Å². The van der Waals surface area contributed by atoms with Crippen molar-refractivity contribution >= 4 is 44.6 Å². The highest BCUT2D eigenvalue weighted by Gasteiger charge is 2.33. The van der Waals surface area contributed by atoms with Gasteiger partial charge in [0.05, 0.1) is 12.6 Å². The van der Waals surface area contributed by atoms with E-state index in [1.165, 1.54) is 22.3 Å². The van der Waals surface area contributed by atoms with Gasteiger partial charge in [-0.15, -0.1) is 11.3 Å². The summed E-state index contributed by atoms with van der Waals surface area (Å²) in [5.74, 6) is 0. The second kappa shape index (κ2) is 11.1. The van der Waals surface area contributed by atoms with Crippen LogP contribution in [0.2, 0.25) is 0 Å². The van der Waals surface area contributed by atoms with Crippen LogP contribution in [0.25, 0.3) is 0 Å². The van der Waals surface area contributed by atoms with E-state index in [1.54, 1.807) is 46.9 Å². The average Bonchev–Trinajstić information content (AvgIpc) is 3.08. The summed E-state index contributed by atoms with van der Waals surface area (Å²) in [6.45, 7) is 10.1. The van der Waals surface area contributed by atoms with E-state index < -0.39 is 41.3 Å². The quantitative estimate of drug-likeness (QED) is 0.437. The molecule has 0 saturated carbocycles. The molecule has 8 nitrogen and oxygen atoms in total. The Kier molecular flexibility index (Phi) is 9.15. The maximum atomic E-state index is 13.0. The largest absolute Gasteiger partial charge is 0.444 e. The van der Waals surface area contributed by atoms with Crippen LogP contribution in [0.15, 0.2) is 28.3 Å². The number of halogens is 4. The lowest BCUT2D eigenvalue weighted by atomic mass is 10.1. The number of ether oxygens (including phenoxy) is 2. The minimum Gasteiger partial charge on any atom is -0.444 e. The highest BCUT2D eigenvalue weighted by atomic mass is 79.9. The van der Waals surface area contributed by atoms with E-state index in [0.717, 1.165) is 12.3 Å². The van der Waals surface area contributed by atoms with E-state index >= 15 is 0 Å². The van der Waals surface area contributed by atoms with Crippen molar-refractivity contribution in [2.45, 2.75) is 71.4 Å². The predicted molar refractivity (Wildman–Crippen MR) is 129 cm³/mol. The number of thiazole rings is 1. The molecular weight excluding hydrogens is 553 g/mol. The third kappa shape index (κ3) is 10.0. The highest BCUT2D eigenvalue weighted by Crippen LogP contribution is 2.28. The number of nitrogens with zero attached hydrogens (tertiary/aromatic N) is 3. The predicted octanol–water partition coefficient (Wildman–Crippen LogP) is 6.20. The summed E-state index contributed by atoms with van der Waals surface area (Å²) in [4.78, 5) is 34.5. The molecular formula is C22H28BrF3N4O4S. The summed E-state index contributed by atoms with van der Waals surface area (Å²) in [6.07, 6.45) is -4.85. The summed E-state index contributed by atoms with van der Waals surface area (Å²) in [5, 5.41) is 4.69. The van der Waals surface area contributed by atoms with Gasteiger partial charge in [0, 0.05) is 11.6 Å². The molecule has 2 aromatic rings. The van der Waals surface area contributed by atoms with Gasteiger partial charge < -0.3 is 14.8 Å². The van der Waals surface area contributed by atoms with Crippen LogP contribution in [-0.4, -0.2) is 45.9 Å². The molecule has 0 saturated heterocycles. The lowest BCUT2D eigenvalue weighted by Crippen LogP contribution is -2.49. The first-order chi connectivity index (χ1) is 15.9. The van der Waals surface area contributed by atoms with E-state index in [9.17, 15) is 22.8 Å². The van der Waals surface area contributed by atoms with Crippen LogP contribution in [0.4, 0.5) is 27.9 Å². The summed E-state index contributed by atoms with van der Waals surface area (Å²) in [6, 6.07) is 1.37. The molecule has 0 aliphatic carbocycles. The van der Waals surface area contributed by atoms with Crippen molar-refractivity contribution in [2.24, 2.45) is 0 Å². The zero-order chi connectivity index (χ0) is 26.6. The lowest BCUT2D eigenvalue weighted by Gasteiger charge is -2.30. The molecule has 0 aliphatic heterocycles. The van der Waals surface area contributed by atoms with Gasteiger partial charge in [-0.3, -0.25) is 9.88 Å². The maximum Gasteiger partial charge on any atom is 0.433 e. The maximum absolute atomic E-state index is 13.0. The molecule has 0 spiro atoms. The van der Waals surface area contributed by atoms with Gasteiger partial charge in [0.1, 0.15) is 21.5 Å². The van der Waals surface area contributed by atoms with E-state index in [0.29, 0.717) is 15.3 Å². The lowest BCUT2D eigenvalue weighted by molar-refractivity contribution is -0.141. The number of alkyl halides is 3. The van der Waals surface area contributed by atoms with Crippen LogP contribution in [0.5, 0.6) is 0 Å². The fourth-order valence-electron chi connectivity index (χ4n) is 2.77. The van der Waals surface area contributed by atoms with Crippen molar-refractivity contribution in [1.82, 2.24) is 15.3 Å². The van der Waals surface area contributed by atoms with Crippen LogP contribution >= 0.6 is 27.3 Å². The molecule has 1 N–H and O–H groups in total. The zero-order valence-electron chi connectivity index (χ0n) is 20.2. The second-order valence-corrected chi connectivity index (χ2v) is 11.3. The van der Waals surface area contributed by atoms with Crippen molar-refractivity contribution in [3.05, 3.63) is 39.6 Å². The van der Waals surface area contributed by atoms with Gasteiger partial charge in [-0.25, -0.2) is 14.6 Å². The van der Waals surface area contributed by atoms with Crippen molar-refractivity contribution in [1.29, 1.82) is 0 Å². The first-order valence-electron chi connectivity index (χ1n) is 10.6. The van der Waals surface area contributed by atoms with Crippen LogP contribution < -0.4 is 10.2 Å². The SMILES string of the molecule is CC(C)(C)OC(=O)NC(Cc1ccc(C(F)(F)F)nc1)CN(C(=O)OC(C)(C)C)c1nc(Br)cs1. The van der Waals surface area contributed by atoms with Crippen LogP contribution in [-0.2, 0) is 22.1 Å². The minimum atomic E-state index is -4.57. The first kappa shape index (κ1) is 28.8. The number of nitrogens with one attached hydrogen (secondary N) is 1. The van der Waals surface area contributed by atoms with Crippen LogP contribution in [0.1, 0.15) is 52.8 Å². The molecule has 2 amide bonds. The number of anilines is 1. The summed E-state index contributed by atoms with van der Waals surface area (Å²) in [5.41, 5.74) is -2.19. The Bertz CT molecular complexity index is 1020. The topological polar surface area (TPSA) is 93.7 Å². The molecule has 2 rings (SSSR count). The summed E-state index contributed by atoms with van der Waals surface area (Å²) < 4.78 is 50.0. The van der Waals surface area contributed by atoms with Gasteiger partial charge in [0.15, 0.2) is 5.13 Å². The normalized spacial score (nSPS) is 13.2. The van der Waals surface area contributed by atoms with E-state index in [4.69, 9.17) is 9.47 Å².